The number of ether oxygens (including phenoxy) is 1. The van der Waals surface area contributed by atoms with E-state index in [1.165, 1.54) is 0 Å². The molecule has 1 rings (SSSR count). The van der Waals surface area contributed by atoms with Crippen LogP contribution in [-0.2, 0) is 4.79 Å². The Morgan fingerprint density at radius 2 is 2.14 bits per heavy atom. The molecular weight excluding hydrogens is 180 g/mol. The highest BCUT2D eigenvalue weighted by atomic mass is 16.5. The van der Waals surface area contributed by atoms with Gasteiger partial charge < -0.3 is 9.53 Å². The van der Waals surface area contributed by atoms with Gasteiger partial charge in [0.1, 0.15) is 18.3 Å². The van der Waals surface area contributed by atoms with Gasteiger partial charge in [-0.25, -0.2) is 0 Å². The monoisotopic (exact) mass is 192 g/mol. The van der Waals surface area contributed by atoms with Gasteiger partial charge >= 0.3 is 0 Å². The normalized spacial score (nSPS) is 9.43. The SMILES string of the molecule is O=CCCCOc1cccc(C=O)c1. The summed E-state index contributed by atoms with van der Waals surface area (Å²) in [6, 6.07) is 6.94. The van der Waals surface area contributed by atoms with Crippen LogP contribution in [0, 0.1) is 0 Å². The lowest BCUT2D eigenvalue weighted by atomic mass is 10.2. The molecule has 74 valence electrons. The molecule has 0 saturated carbocycles. The largest absolute Gasteiger partial charge is 0.494 e. The van der Waals surface area contributed by atoms with Crippen LogP contribution < -0.4 is 4.74 Å². The van der Waals surface area contributed by atoms with E-state index in [-0.39, 0.29) is 0 Å². The Morgan fingerprint density at radius 1 is 1.29 bits per heavy atom. The number of unbranched alkanes of at least 4 members (excludes halogenated alkanes) is 1. The Morgan fingerprint density at radius 3 is 2.86 bits per heavy atom. The van der Waals surface area contributed by atoms with Crippen molar-refractivity contribution < 1.29 is 14.3 Å². The molecule has 1 aromatic rings. The molecule has 0 spiro atoms. The predicted molar refractivity (Wildman–Crippen MR) is 52.6 cm³/mol. The average molecular weight is 192 g/mol. The van der Waals surface area contributed by atoms with E-state index in [0.717, 1.165) is 12.6 Å². The molecule has 3 heteroatoms. The van der Waals surface area contributed by atoms with Crippen molar-refractivity contribution in [2.24, 2.45) is 0 Å². The third-order valence-electron chi connectivity index (χ3n) is 1.73. The maximum atomic E-state index is 10.4. The van der Waals surface area contributed by atoms with Gasteiger partial charge in [-0.1, -0.05) is 12.1 Å². The van der Waals surface area contributed by atoms with Crippen LogP contribution in [0.1, 0.15) is 23.2 Å². The Kier molecular flexibility index (Phi) is 4.41. The van der Waals surface area contributed by atoms with E-state index in [4.69, 9.17) is 4.74 Å². The molecular formula is C11H12O3. The number of carbonyl (C=O) groups is 2. The average Bonchev–Trinajstić information content (AvgIpc) is 2.25. The van der Waals surface area contributed by atoms with Crippen molar-refractivity contribution in [3.8, 4) is 5.75 Å². The van der Waals surface area contributed by atoms with E-state index in [1.54, 1.807) is 24.3 Å². The van der Waals surface area contributed by atoms with Gasteiger partial charge in [0.2, 0.25) is 0 Å². The zero-order chi connectivity index (χ0) is 10.2. The predicted octanol–water partition coefficient (Wildman–Crippen LogP) is 1.86. The Hall–Kier alpha value is -1.64. The second-order valence-corrected chi connectivity index (χ2v) is 2.85. The lowest BCUT2D eigenvalue weighted by Gasteiger charge is -2.04. The number of aldehydes is 2. The van der Waals surface area contributed by atoms with E-state index >= 15 is 0 Å². The molecule has 0 aliphatic carbocycles. The highest BCUT2D eigenvalue weighted by Crippen LogP contribution is 2.12. The van der Waals surface area contributed by atoms with Gasteiger partial charge in [0.05, 0.1) is 6.61 Å². The first-order valence-electron chi connectivity index (χ1n) is 4.48. The van der Waals surface area contributed by atoms with Gasteiger partial charge in [-0.05, 0) is 18.6 Å². The van der Waals surface area contributed by atoms with Crippen LogP contribution in [0.4, 0.5) is 0 Å². The number of hydrogen-bond acceptors (Lipinski definition) is 3. The summed E-state index contributed by atoms with van der Waals surface area (Å²) in [6.45, 7) is 0.501. The van der Waals surface area contributed by atoms with Gasteiger partial charge in [0.15, 0.2) is 0 Å². The zero-order valence-electron chi connectivity index (χ0n) is 7.81. The summed E-state index contributed by atoms with van der Waals surface area (Å²) in [5, 5.41) is 0. The highest BCUT2D eigenvalue weighted by Gasteiger charge is 1.95. The van der Waals surface area contributed by atoms with Crippen LogP contribution in [-0.4, -0.2) is 19.2 Å². The van der Waals surface area contributed by atoms with Crippen LogP contribution in [0.15, 0.2) is 24.3 Å². The quantitative estimate of drug-likeness (QED) is 0.510. The molecule has 1 aromatic carbocycles. The molecule has 0 atom stereocenters. The lowest BCUT2D eigenvalue weighted by Crippen LogP contribution is -1.97. The maximum absolute atomic E-state index is 10.4. The van der Waals surface area contributed by atoms with Crippen molar-refractivity contribution >= 4 is 12.6 Å². The molecule has 0 amide bonds. The smallest absolute Gasteiger partial charge is 0.150 e. The minimum absolute atomic E-state index is 0.501. The van der Waals surface area contributed by atoms with Crippen LogP contribution in [0.2, 0.25) is 0 Å². The molecule has 0 aliphatic heterocycles. The van der Waals surface area contributed by atoms with Gasteiger partial charge in [0, 0.05) is 12.0 Å². The summed E-state index contributed by atoms with van der Waals surface area (Å²) in [5.74, 6) is 0.667. The summed E-state index contributed by atoms with van der Waals surface area (Å²) >= 11 is 0. The molecule has 3 nitrogen and oxygen atoms in total. The summed E-state index contributed by atoms with van der Waals surface area (Å²) in [5.41, 5.74) is 0.595. The molecule has 0 unspecified atom stereocenters. The van der Waals surface area contributed by atoms with Crippen LogP contribution in [0.5, 0.6) is 5.75 Å². The minimum Gasteiger partial charge on any atom is -0.494 e. The van der Waals surface area contributed by atoms with Gasteiger partial charge in [-0.3, -0.25) is 4.79 Å². The van der Waals surface area contributed by atoms with Crippen LogP contribution in [0.25, 0.3) is 0 Å². The fourth-order valence-electron chi connectivity index (χ4n) is 1.03. The van der Waals surface area contributed by atoms with Crippen molar-refractivity contribution in [1.29, 1.82) is 0 Å². The molecule has 0 N–H and O–H groups in total. The molecule has 0 bridgehead atoms. The van der Waals surface area contributed by atoms with E-state index in [0.29, 0.717) is 30.8 Å². The second kappa shape index (κ2) is 5.91. The fraction of sp³-hybridized carbons (Fsp3) is 0.273. The number of benzene rings is 1. The molecule has 0 aliphatic rings. The fourth-order valence-corrected chi connectivity index (χ4v) is 1.03. The summed E-state index contributed by atoms with van der Waals surface area (Å²) in [4.78, 5) is 20.4. The van der Waals surface area contributed by atoms with Gasteiger partial charge in [-0.15, -0.1) is 0 Å². The van der Waals surface area contributed by atoms with Crippen molar-refractivity contribution in [2.75, 3.05) is 6.61 Å². The summed E-state index contributed by atoms with van der Waals surface area (Å²) in [6.07, 6.45) is 2.85. The summed E-state index contributed by atoms with van der Waals surface area (Å²) in [7, 11) is 0. The molecule has 0 saturated heterocycles. The standard InChI is InChI=1S/C11H12O3/c12-6-1-2-7-14-11-5-3-4-10(8-11)9-13/h3-6,8-9H,1-2,7H2. The van der Waals surface area contributed by atoms with Crippen LogP contribution in [0.3, 0.4) is 0 Å². The van der Waals surface area contributed by atoms with Gasteiger partial charge in [-0.2, -0.15) is 0 Å². The number of carbonyl (C=O) groups excluding carboxylic acids is 2. The van der Waals surface area contributed by atoms with Crippen molar-refractivity contribution in [2.45, 2.75) is 12.8 Å². The molecule has 0 aromatic heterocycles. The van der Waals surface area contributed by atoms with E-state index in [9.17, 15) is 9.59 Å². The minimum atomic E-state index is 0.501. The van der Waals surface area contributed by atoms with E-state index < -0.39 is 0 Å². The second-order valence-electron chi connectivity index (χ2n) is 2.85. The first-order chi connectivity index (χ1) is 6.86. The molecule has 0 fully saturated rings. The molecule has 0 heterocycles. The third-order valence-corrected chi connectivity index (χ3v) is 1.73. The Balaban J connectivity index is 2.42. The van der Waals surface area contributed by atoms with Crippen molar-refractivity contribution in [1.82, 2.24) is 0 Å². The number of hydrogen-bond donors (Lipinski definition) is 0. The summed E-state index contributed by atoms with van der Waals surface area (Å²) < 4.78 is 5.33. The molecule has 0 radical (unpaired) electrons. The highest BCUT2D eigenvalue weighted by molar-refractivity contribution is 5.75. The first kappa shape index (κ1) is 10.4. The zero-order valence-corrected chi connectivity index (χ0v) is 7.81. The number of rotatable bonds is 6. The topological polar surface area (TPSA) is 43.4 Å². The Bertz CT molecular complexity index is 307. The Labute approximate surface area is 82.7 Å². The van der Waals surface area contributed by atoms with E-state index in [1.807, 2.05) is 0 Å². The third kappa shape index (κ3) is 3.39. The van der Waals surface area contributed by atoms with E-state index in [2.05, 4.69) is 0 Å². The van der Waals surface area contributed by atoms with Crippen LogP contribution >= 0.6 is 0 Å². The van der Waals surface area contributed by atoms with Crippen molar-refractivity contribution in [3.63, 3.8) is 0 Å². The first-order valence-corrected chi connectivity index (χ1v) is 4.48. The maximum Gasteiger partial charge on any atom is 0.150 e. The van der Waals surface area contributed by atoms with Gasteiger partial charge in [0.25, 0.3) is 0 Å². The van der Waals surface area contributed by atoms with Crippen molar-refractivity contribution in [3.05, 3.63) is 29.8 Å². The lowest BCUT2D eigenvalue weighted by molar-refractivity contribution is -0.108. The molecule has 14 heavy (non-hydrogen) atoms.